The quantitative estimate of drug-likeness (QED) is 0.636. The average molecular weight is 253 g/mol. The number of hydrogen-bond donors (Lipinski definition) is 2. The first-order chi connectivity index (χ1) is 7.79. The molecule has 3 N–H and O–H groups in total. The van der Waals surface area contributed by atoms with E-state index in [1.54, 1.807) is 22.7 Å². The first-order valence-electron chi connectivity index (χ1n) is 5.20. The topological polar surface area (TPSA) is 50.9 Å². The van der Waals surface area contributed by atoms with Gasteiger partial charge < -0.3 is 0 Å². The minimum Gasteiger partial charge on any atom is -0.271 e. The number of aromatic nitrogens is 1. The minimum atomic E-state index is 0.216. The third-order valence-corrected chi connectivity index (χ3v) is 4.41. The van der Waals surface area contributed by atoms with Crippen LogP contribution in [0.2, 0.25) is 0 Å². The Labute approximate surface area is 103 Å². The highest BCUT2D eigenvalue weighted by Gasteiger charge is 2.12. The van der Waals surface area contributed by atoms with E-state index in [1.165, 1.54) is 9.75 Å². The second kappa shape index (κ2) is 5.54. The Balaban J connectivity index is 1.96. The van der Waals surface area contributed by atoms with Crippen molar-refractivity contribution in [3.05, 3.63) is 38.5 Å². The van der Waals surface area contributed by atoms with Gasteiger partial charge in [0.25, 0.3) is 0 Å². The van der Waals surface area contributed by atoms with Crippen molar-refractivity contribution in [3.63, 3.8) is 0 Å². The first-order valence-corrected chi connectivity index (χ1v) is 6.90. The Bertz CT molecular complexity index is 422. The maximum atomic E-state index is 5.59. The van der Waals surface area contributed by atoms with Crippen LogP contribution in [0.15, 0.2) is 23.7 Å². The molecule has 3 nitrogen and oxygen atoms in total. The standard InChI is InChI=1S/C11H15N3S2/c1-8-13-7-11(16-8)10(14-12)5-4-9-3-2-6-15-9/h2-3,6-7,10,14H,4-5,12H2,1H3. The molecule has 2 aromatic rings. The summed E-state index contributed by atoms with van der Waals surface area (Å²) in [6, 6.07) is 4.46. The molecular weight excluding hydrogens is 238 g/mol. The maximum absolute atomic E-state index is 5.59. The van der Waals surface area contributed by atoms with Gasteiger partial charge >= 0.3 is 0 Å². The zero-order chi connectivity index (χ0) is 11.4. The molecule has 16 heavy (non-hydrogen) atoms. The van der Waals surface area contributed by atoms with Crippen molar-refractivity contribution in [2.75, 3.05) is 0 Å². The summed E-state index contributed by atoms with van der Waals surface area (Å²) < 4.78 is 0. The van der Waals surface area contributed by atoms with Gasteiger partial charge in [0.05, 0.1) is 11.0 Å². The number of aryl methyl sites for hydroxylation is 2. The number of rotatable bonds is 5. The van der Waals surface area contributed by atoms with Crippen LogP contribution in [-0.2, 0) is 6.42 Å². The highest BCUT2D eigenvalue weighted by Crippen LogP contribution is 2.24. The molecule has 5 heteroatoms. The smallest absolute Gasteiger partial charge is 0.0897 e. The summed E-state index contributed by atoms with van der Waals surface area (Å²) in [5.74, 6) is 5.59. The Kier molecular flexibility index (Phi) is 4.06. The van der Waals surface area contributed by atoms with E-state index in [-0.39, 0.29) is 6.04 Å². The number of thiazole rings is 1. The summed E-state index contributed by atoms with van der Waals surface area (Å²) >= 11 is 3.50. The van der Waals surface area contributed by atoms with Gasteiger partial charge in [0.1, 0.15) is 0 Å². The highest BCUT2D eigenvalue weighted by atomic mass is 32.1. The minimum absolute atomic E-state index is 0.216. The Morgan fingerprint density at radius 2 is 2.44 bits per heavy atom. The third kappa shape index (κ3) is 2.89. The van der Waals surface area contributed by atoms with Gasteiger partial charge in [-0.3, -0.25) is 11.3 Å². The van der Waals surface area contributed by atoms with Gasteiger partial charge in [-0.2, -0.15) is 0 Å². The molecule has 0 aliphatic rings. The SMILES string of the molecule is Cc1ncc(C(CCc2cccs2)NN)s1. The summed E-state index contributed by atoms with van der Waals surface area (Å²) in [7, 11) is 0. The van der Waals surface area contributed by atoms with Crippen LogP contribution in [0.1, 0.15) is 27.2 Å². The molecule has 86 valence electrons. The van der Waals surface area contributed by atoms with Crippen LogP contribution in [0.25, 0.3) is 0 Å². The summed E-state index contributed by atoms with van der Waals surface area (Å²) in [5, 5.41) is 3.20. The molecule has 0 aromatic carbocycles. The van der Waals surface area contributed by atoms with Crippen LogP contribution in [0.5, 0.6) is 0 Å². The van der Waals surface area contributed by atoms with Crippen molar-refractivity contribution in [3.8, 4) is 0 Å². The summed E-state index contributed by atoms with van der Waals surface area (Å²) in [6.07, 6.45) is 3.99. The highest BCUT2D eigenvalue weighted by molar-refractivity contribution is 7.11. The monoisotopic (exact) mass is 253 g/mol. The molecule has 0 saturated heterocycles. The van der Waals surface area contributed by atoms with E-state index in [4.69, 9.17) is 5.84 Å². The molecular formula is C11H15N3S2. The van der Waals surface area contributed by atoms with Gasteiger partial charge in [0, 0.05) is 16.0 Å². The fraction of sp³-hybridized carbons (Fsp3) is 0.364. The predicted molar refractivity (Wildman–Crippen MR) is 69.6 cm³/mol. The maximum Gasteiger partial charge on any atom is 0.0897 e. The van der Waals surface area contributed by atoms with E-state index < -0.39 is 0 Å². The fourth-order valence-electron chi connectivity index (χ4n) is 1.59. The van der Waals surface area contributed by atoms with Crippen molar-refractivity contribution in [2.24, 2.45) is 5.84 Å². The van der Waals surface area contributed by atoms with Gasteiger partial charge in [-0.1, -0.05) is 6.07 Å². The van der Waals surface area contributed by atoms with E-state index in [1.807, 2.05) is 13.1 Å². The van der Waals surface area contributed by atoms with E-state index in [9.17, 15) is 0 Å². The molecule has 0 fully saturated rings. The van der Waals surface area contributed by atoms with E-state index in [2.05, 4.69) is 27.9 Å². The Morgan fingerprint density at radius 1 is 1.56 bits per heavy atom. The lowest BCUT2D eigenvalue weighted by Gasteiger charge is -2.12. The van der Waals surface area contributed by atoms with Gasteiger partial charge in [0.2, 0.25) is 0 Å². The van der Waals surface area contributed by atoms with Gasteiger partial charge in [0.15, 0.2) is 0 Å². The zero-order valence-electron chi connectivity index (χ0n) is 9.14. The predicted octanol–water partition coefficient (Wildman–Crippen LogP) is 2.65. The molecule has 1 unspecified atom stereocenters. The molecule has 2 rings (SSSR count). The van der Waals surface area contributed by atoms with Crippen LogP contribution < -0.4 is 11.3 Å². The largest absolute Gasteiger partial charge is 0.271 e. The molecule has 0 spiro atoms. The molecule has 0 radical (unpaired) electrons. The zero-order valence-corrected chi connectivity index (χ0v) is 10.8. The second-order valence-corrected chi connectivity index (χ2v) is 5.92. The number of hydrazine groups is 1. The van der Waals surface area contributed by atoms with Gasteiger partial charge in [-0.25, -0.2) is 4.98 Å². The van der Waals surface area contributed by atoms with Crippen molar-refractivity contribution in [1.82, 2.24) is 10.4 Å². The molecule has 2 heterocycles. The van der Waals surface area contributed by atoms with E-state index in [0.717, 1.165) is 17.8 Å². The van der Waals surface area contributed by atoms with Crippen molar-refractivity contribution >= 4 is 22.7 Å². The van der Waals surface area contributed by atoms with E-state index >= 15 is 0 Å². The lowest BCUT2D eigenvalue weighted by molar-refractivity contribution is 0.525. The van der Waals surface area contributed by atoms with Crippen molar-refractivity contribution < 1.29 is 0 Å². The van der Waals surface area contributed by atoms with Crippen molar-refractivity contribution in [2.45, 2.75) is 25.8 Å². The third-order valence-electron chi connectivity index (χ3n) is 2.44. The Hall–Kier alpha value is -0.750. The van der Waals surface area contributed by atoms with E-state index in [0.29, 0.717) is 0 Å². The van der Waals surface area contributed by atoms with Crippen LogP contribution in [0, 0.1) is 6.92 Å². The molecule has 0 aliphatic carbocycles. The second-order valence-electron chi connectivity index (χ2n) is 3.62. The normalized spacial score (nSPS) is 12.9. The number of hydrogen-bond acceptors (Lipinski definition) is 5. The molecule has 0 bridgehead atoms. The Morgan fingerprint density at radius 3 is 3.00 bits per heavy atom. The first kappa shape index (κ1) is 11.7. The summed E-state index contributed by atoms with van der Waals surface area (Å²) in [6.45, 7) is 2.01. The number of thiophene rings is 1. The molecule has 0 amide bonds. The number of nitrogens with two attached hydrogens (primary N) is 1. The number of nitrogens with zero attached hydrogens (tertiary/aromatic N) is 1. The lowest BCUT2D eigenvalue weighted by atomic mass is 10.1. The van der Waals surface area contributed by atoms with Crippen molar-refractivity contribution in [1.29, 1.82) is 0 Å². The van der Waals surface area contributed by atoms with Crippen LogP contribution in [0.3, 0.4) is 0 Å². The van der Waals surface area contributed by atoms with Crippen LogP contribution >= 0.6 is 22.7 Å². The lowest BCUT2D eigenvalue weighted by Crippen LogP contribution is -2.27. The fourth-order valence-corrected chi connectivity index (χ4v) is 3.19. The average Bonchev–Trinajstić information content (AvgIpc) is 2.91. The molecule has 2 aromatic heterocycles. The van der Waals surface area contributed by atoms with Crippen LogP contribution in [-0.4, -0.2) is 4.98 Å². The van der Waals surface area contributed by atoms with Gasteiger partial charge in [-0.05, 0) is 31.2 Å². The van der Waals surface area contributed by atoms with Crippen LogP contribution in [0.4, 0.5) is 0 Å². The summed E-state index contributed by atoms with van der Waals surface area (Å²) in [4.78, 5) is 6.88. The number of nitrogens with one attached hydrogen (secondary N) is 1. The van der Waals surface area contributed by atoms with Gasteiger partial charge in [-0.15, -0.1) is 22.7 Å². The summed E-state index contributed by atoms with van der Waals surface area (Å²) in [5.41, 5.74) is 2.87. The molecule has 0 aliphatic heterocycles. The molecule has 0 saturated carbocycles. The molecule has 1 atom stereocenters.